The number of benzene rings is 1. The molecule has 0 aliphatic carbocycles. The van der Waals surface area contributed by atoms with Crippen LogP contribution in [0, 0.1) is 10.1 Å². The lowest BCUT2D eigenvalue weighted by atomic mass is 10.1. The molecule has 1 aromatic carbocycles. The Balaban J connectivity index is 2.47. The Hall–Kier alpha value is -1.10. The van der Waals surface area contributed by atoms with Crippen molar-refractivity contribution in [1.29, 1.82) is 0 Å². The molecule has 0 aromatic heterocycles. The van der Waals surface area contributed by atoms with Gasteiger partial charge in [0.2, 0.25) is 0 Å². The maximum Gasteiger partial charge on any atom is 0.271 e. The van der Waals surface area contributed by atoms with Crippen molar-refractivity contribution < 1.29 is 4.92 Å². The van der Waals surface area contributed by atoms with Crippen LogP contribution in [-0.4, -0.2) is 11.5 Å². The second-order valence-electron chi connectivity index (χ2n) is 2.91. The predicted octanol–water partition coefficient (Wildman–Crippen LogP) is 2.27. The third kappa shape index (κ3) is 1.39. The summed E-state index contributed by atoms with van der Waals surface area (Å²) in [6.07, 6.45) is 0.943. The fraction of sp³-hybridized carbons (Fsp3) is 0.250. The molecule has 1 heterocycles. The summed E-state index contributed by atoms with van der Waals surface area (Å²) in [4.78, 5) is 10.1. The molecular formula is C8H7BrN2O2. The summed E-state index contributed by atoms with van der Waals surface area (Å²) in [7, 11) is 0. The highest BCUT2D eigenvalue weighted by molar-refractivity contribution is 9.10. The summed E-state index contributed by atoms with van der Waals surface area (Å²) in [5.74, 6) is 0. The van der Waals surface area contributed by atoms with Gasteiger partial charge in [-0.25, -0.2) is 0 Å². The van der Waals surface area contributed by atoms with Gasteiger partial charge >= 0.3 is 0 Å². The zero-order valence-electron chi connectivity index (χ0n) is 6.74. The monoisotopic (exact) mass is 242 g/mol. The van der Waals surface area contributed by atoms with Crippen LogP contribution >= 0.6 is 16.1 Å². The lowest BCUT2D eigenvalue weighted by Gasteiger charge is -2.07. The Kier molecular flexibility index (Phi) is 1.95. The van der Waals surface area contributed by atoms with E-state index < -0.39 is 0 Å². The number of hydrogen-bond donors (Lipinski definition) is 0. The van der Waals surface area contributed by atoms with Crippen LogP contribution in [0.15, 0.2) is 18.2 Å². The van der Waals surface area contributed by atoms with Crippen molar-refractivity contribution in [1.82, 2.24) is 0 Å². The molecule has 0 fully saturated rings. The van der Waals surface area contributed by atoms with Gasteiger partial charge in [-0.3, -0.25) is 10.1 Å². The smallest absolute Gasteiger partial charge is 0.271 e. The van der Waals surface area contributed by atoms with E-state index in [-0.39, 0.29) is 10.6 Å². The predicted molar refractivity (Wildman–Crippen MR) is 53.1 cm³/mol. The van der Waals surface area contributed by atoms with E-state index in [1.807, 2.05) is 9.99 Å². The second kappa shape index (κ2) is 2.99. The van der Waals surface area contributed by atoms with E-state index in [1.165, 1.54) is 0 Å². The summed E-state index contributed by atoms with van der Waals surface area (Å²) in [5.41, 5.74) is 2.21. The molecule has 0 unspecified atom stereocenters. The molecular weight excluding hydrogens is 236 g/mol. The van der Waals surface area contributed by atoms with Gasteiger partial charge in [-0.1, -0.05) is 6.07 Å². The normalized spacial score (nSPS) is 14.4. The molecule has 0 bridgehead atoms. The summed E-state index contributed by atoms with van der Waals surface area (Å²) in [5, 5.41) is 10.5. The fourth-order valence-corrected chi connectivity index (χ4v) is 1.95. The zero-order valence-corrected chi connectivity index (χ0v) is 8.32. The van der Waals surface area contributed by atoms with Crippen molar-refractivity contribution in [3.63, 3.8) is 0 Å². The van der Waals surface area contributed by atoms with E-state index in [0.29, 0.717) is 0 Å². The number of anilines is 1. The van der Waals surface area contributed by atoms with Crippen molar-refractivity contribution in [2.24, 2.45) is 0 Å². The molecule has 0 atom stereocenters. The number of nitro groups is 1. The van der Waals surface area contributed by atoms with Crippen LogP contribution in [0.4, 0.5) is 11.4 Å². The number of nitrogens with zero attached hydrogens (tertiary/aromatic N) is 2. The summed E-state index contributed by atoms with van der Waals surface area (Å²) in [6, 6.07) is 4.96. The minimum atomic E-state index is -0.376. The standard InChI is InChI=1S/C8H7BrN2O2/c9-10-4-3-6-1-2-7(11(12)13)5-8(6)10/h1-2,5H,3-4H2. The van der Waals surface area contributed by atoms with E-state index in [4.69, 9.17) is 0 Å². The Bertz CT molecular complexity index is 367. The molecule has 2 rings (SSSR count). The number of rotatable bonds is 1. The Morgan fingerprint density at radius 1 is 1.54 bits per heavy atom. The number of hydrogen-bond acceptors (Lipinski definition) is 3. The van der Waals surface area contributed by atoms with Crippen LogP contribution < -0.4 is 3.93 Å². The van der Waals surface area contributed by atoms with Gasteiger partial charge in [0.25, 0.3) is 5.69 Å². The number of fused-ring (bicyclic) bond motifs is 1. The first-order chi connectivity index (χ1) is 6.18. The summed E-state index contributed by atoms with van der Waals surface area (Å²) >= 11 is 3.33. The Morgan fingerprint density at radius 3 is 3.00 bits per heavy atom. The van der Waals surface area contributed by atoms with E-state index in [1.54, 1.807) is 12.1 Å². The van der Waals surface area contributed by atoms with Gasteiger partial charge in [-0.15, -0.1) is 0 Å². The zero-order chi connectivity index (χ0) is 9.42. The summed E-state index contributed by atoms with van der Waals surface area (Å²) < 4.78 is 1.86. The molecule has 1 aromatic rings. The maximum absolute atomic E-state index is 10.5. The molecule has 4 nitrogen and oxygen atoms in total. The number of non-ortho nitro benzene ring substituents is 1. The maximum atomic E-state index is 10.5. The van der Waals surface area contributed by atoms with Gasteiger partial charge in [0.15, 0.2) is 0 Å². The molecule has 0 amide bonds. The quantitative estimate of drug-likeness (QED) is 0.431. The molecule has 1 aliphatic rings. The SMILES string of the molecule is O=[N+]([O-])c1ccc2c(c1)N(Br)CC2. The highest BCUT2D eigenvalue weighted by Gasteiger charge is 2.19. The van der Waals surface area contributed by atoms with Gasteiger partial charge in [0.05, 0.1) is 10.6 Å². The third-order valence-corrected chi connectivity index (χ3v) is 2.86. The second-order valence-corrected chi connectivity index (χ2v) is 3.76. The van der Waals surface area contributed by atoms with Crippen LogP contribution in [0.25, 0.3) is 0 Å². The first-order valence-corrected chi connectivity index (χ1v) is 4.60. The lowest BCUT2D eigenvalue weighted by Crippen LogP contribution is -2.03. The summed E-state index contributed by atoms with van der Waals surface area (Å²) in [6.45, 7) is 0.872. The topological polar surface area (TPSA) is 46.4 Å². The van der Waals surface area contributed by atoms with Crippen molar-refractivity contribution in [3.8, 4) is 0 Å². The van der Waals surface area contributed by atoms with Crippen molar-refractivity contribution >= 4 is 27.5 Å². The van der Waals surface area contributed by atoms with Crippen LogP contribution in [-0.2, 0) is 6.42 Å². The first-order valence-electron chi connectivity index (χ1n) is 3.89. The van der Waals surface area contributed by atoms with E-state index in [9.17, 15) is 10.1 Å². The minimum absolute atomic E-state index is 0.144. The highest BCUT2D eigenvalue weighted by atomic mass is 79.9. The Morgan fingerprint density at radius 2 is 2.31 bits per heavy atom. The molecule has 0 saturated carbocycles. The molecule has 0 radical (unpaired) electrons. The van der Waals surface area contributed by atoms with Gasteiger partial charge in [0, 0.05) is 34.8 Å². The molecule has 68 valence electrons. The Labute approximate surface area is 83.6 Å². The van der Waals surface area contributed by atoms with Crippen molar-refractivity contribution in [2.45, 2.75) is 6.42 Å². The minimum Gasteiger partial charge on any atom is -0.308 e. The van der Waals surface area contributed by atoms with Gasteiger partial charge in [-0.2, -0.15) is 0 Å². The average Bonchev–Trinajstić information content (AvgIpc) is 2.47. The van der Waals surface area contributed by atoms with Gasteiger partial charge in [-0.05, 0) is 12.0 Å². The average molecular weight is 243 g/mol. The van der Waals surface area contributed by atoms with Crippen molar-refractivity contribution in [2.75, 3.05) is 10.5 Å². The largest absolute Gasteiger partial charge is 0.308 e. The highest BCUT2D eigenvalue weighted by Crippen LogP contribution is 2.33. The molecule has 0 spiro atoms. The van der Waals surface area contributed by atoms with Crippen LogP contribution in [0.3, 0.4) is 0 Å². The lowest BCUT2D eigenvalue weighted by molar-refractivity contribution is -0.384. The molecule has 13 heavy (non-hydrogen) atoms. The van der Waals surface area contributed by atoms with E-state index >= 15 is 0 Å². The van der Waals surface area contributed by atoms with Crippen molar-refractivity contribution in [3.05, 3.63) is 33.9 Å². The van der Waals surface area contributed by atoms with Gasteiger partial charge in [0.1, 0.15) is 0 Å². The molecule has 5 heteroatoms. The molecule has 1 aliphatic heterocycles. The van der Waals surface area contributed by atoms with Gasteiger partial charge < -0.3 is 3.93 Å². The van der Waals surface area contributed by atoms with Crippen LogP contribution in [0.5, 0.6) is 0 Å². The van der Waals surface area contributed by atoms with Crippen LogP contribution in [0.1, 0.15) is 5.56 Å². The van der Waals surface area contributed by atoms with E-state index in [2.05, 4.69) is 16.1 Å². The number of halogens is 1. The van der Waals surface area contributed by atoms with Crippen LogP contribution in [0.2, 0.25) is 0 Å². The molecule has 0 saturated heterocycles. The number of nitro benzene ring substituents is 1. The molecule has 0 N–H and O–H groups in total. The van der Waals surface area contributed by atoms with E-state index in [0.717, 1.165) is 24.2 Å². The third-order valence-electron chi connectivity index (χ3n) is 2.12. The fourth-order valence-electron chi connectivity index (χ4n) is 1.44. The first kappa shape index (κ1) is 8.50.